The average molecular weight is 326 g/mol. The first-order valence-electron chi connectivity index (χ1n) is 9.56. The van der Waals surface area contributed by atoms with Crippen molar-refractivity contribution < 1.29 is 14.9 Å². The van der Waals surface area contributed by atoms with Crippen molar-refractivity contribution in [1.82, 2.24) is 9.80 Å². The highest BCUT2D eigenvalue weighted by atomic mass is 16.5. The molecule has 3 aliphatic rings. The molecule has 23 heavy (non-hydrogen) atoms. The molecule has 0 aromatic heterocycles. The van der Waals surface area contributed by atoms with E-state index in [2.05, 4.69) is 9.80 Å². The van der Waals surface area contributed by atoms with Crippen molar-refractivity contribution in [3.05, 3.63) is 0 Å². The number of nitrogens with zero attached hydrogens (tertiary/aromatic N) is 2. The molecule has 0 radical (unpaired) electrons. The number of aliphatic hydroxyl groups is 2. The minimum absolute atomic E-state index is 0.235. The van der Waals surface area contributed by atoms with Crippen LogP contribution in [0.25, 0.3) is 0 Å². The lowest BCUT2D eigenvalue weighted by Gasteiger charge is -2.35. The molecule has 3 rings (SSSR count). The van der Waals surface area contributed by atoms with Crippen molar-refractivity contribution in [3.8, 4) is 0 Å². The summed E-state index contributed by atoms with van der Waals surface area (Å²) >= 11 is 0. The van der Waals surface area contributed by atoms with Crippen molar-refractivity contribution in [2.45, 2.75) is 38.2 Å². The van der Waals surface area contributed by atoms with Gasteiger partial charge in [-0.2, -0.15) is 0 Å². The standard InChI is InChI=1S/C18H34N2O3/c21-9-8-19-4-6-20(7-5-19)13-18(22)14-23-10-3-17-12-15-1-2-16(17)11-15/h15-18,21-22H,1-14H2/t15-,16-,17+,18-/m0/s1. The van der Waals surface area contributed by atoms with Crippen LogP contribution in [-0.2, 0) is 4.74 Å². The van der Waals surface area contributed by atoms with Gasteiger partial charge in [-0.3, -0.25) is 9.80 Å². The number of piperazine rings is 1. The molecule has 4 atom stereocenters. The van der Waals surface area contributed by atoms with Crippen LogP contribution < -0.4 is 0 Å². The van der Waals surface area contributed by atoms with E-state index in [0.717, 1.165) is 57.1 Å². The third kappa shape index (κ3) is 5.13. The van der Waals surface area contributed by atoms with E-state index in [4.69, 9.17) is 9.84 Å². The van der Waals surface area contributed by atoms with Crippen LogP contribution in [0.5, 0.6) is 0 Å². The third-order valence-electron chi connectivity index (χ3n) is 6.18. The van der Waals surface area contributed by atoms with Gasteiger partial charge in [-0.05, 0) is 43.4 Å². The summed E-state index contributed by atoms with van der Waals surface area (Å²) in [5, 5.41) is 19.1. The topological polar surface area (TPSA) is 56.2 Å². The Labute approximate surface area is 140 Å². The first-order chi connectivity index (χ1) is 11.2. The van der Waals surface area contributed by atoms with E-state index in [9.17, 15) is 5.11 Å². The Hall–Kier alpha value is -0.200. The second kappa shape index (κ2) is 8.77. The molecule has 1 aliphatic heterocycles. The smallest absolute Gasteiger partial charge is 0.0900 e. The Morgan fingerprint density at radius 3 is 2.48 bits per heavy atom. The summed E-state index contributed by atoms with van der Waals surface area (Å²) in [5.41, 5.74) is 0. The summed E-state index contributed by atoms with van der Waals surface area (Å²) in [5.74, 6) is 2.88. The highest BCUT2D eigenvalue weighted by Crippen LogP contribution is 2.49. The molecule has 0 aromatic carbocycles. The van der Waals surface area contributed by atoms with Gasteiger partial charge >= 0.3 is 0 Å². The molecular weight excluding hydrogens is 292 g/mol. The first kappa shape index (κ1) is 17.6. The van der Waals surface area contributed by atoms with Crippen LogP contribution in [0, 0.1) is 17.8 Å². The van der Waals surface area contributed by atoms with Gasteiger partial charge in [0.1, 0.15) is 0 Å². The maximum absolute atomic E-state index is 10.1. The number of rotatable bonds is 9. The highest BCUT2D eigenvalue weighted by molar-refractivity contribution is 4.89. The monoisotopic (exact) mass is 326 g/mol. The van der Waals surface area contributed by atoms with Crippen LogP contribution >= 0.6 is 0 Å². The molecule has 1 saturated heterocycles. The van der Waals surface area contributed by atoms with E-state index < -0.39 is 0 Å². The molecule has 2 saturated carbocycles. The molecule has 5 heteroatoms. The summed E-state index contributed by atoms with van der Waals surface area (Å²) in [6.07, 6.45) is 6.62. The maximum Gasteiger partial charge on any atom is 0.0900 e. The van der Waals surface area contributed by atoms with Crippen LogP contribution in [0.15, 0.2) is 0 Å². The molecular formula is C18H34N2O3. The lowest BCUT2D eigenvalue weighted by Crippen LogP contribution is -2.49. The van der Waals surface area contributed by atoms with E-state index in [0.29, 0.717) is 13.2 Å². The lowest BCUT2D eigenvalue weighted by molar-refractivity contribution is 0.00152. The quantitative estimate of drug-likeness (QED) is 0.614. The Balaban J connectivity index is 1.22. The van der Waals surface area contributed by atoms with Crippen molar-refractivity contribution >= 4 is 0 Å². The van der Waals surface area contributed by atoms with Gasteiger partial charge in [0.05, 0.1) is 19.3 Å². The fourth-order valence-electron chi connectivity index (χ4n) is 4.87. The predicted octanol–water partition coefficient (Wildman–Crippen LogP) is 0.800. The van der Waals surface area contributed by atoms with Crippen LogP contribution in [-0.4, -0.2) is 85.2 Å². The predicted molar refractivity (Wildman–Crippen MR) is 90.3 cm³/mol. The molecule has 5 nitrogen and oxygen atoms in total. The molecule has 0 aromatic rings. The number of hydrogen-bond acceptors (Lipinski definition) is 5. The van der Waals surface area contributed by atoms with E-state index in [1.165, 1.54) is 32.1 Å². The third-order valence-corrected chi connectivity index (χ3v) is 6.18. The SMILES string of the molecule is OCCN1CCN(C[C@H](O)COCC[C@@H]2C[C@H]3CC[C@H]2C3)CC1. The summed E-state index contributed by atoms with van der Waals surface area (Å²) in [4.78, 5) is 4.58. The first-order valence-corrected chi connectivity index (χ1v) is 9.56. The van der Waals surface area contributed by atoms with Gasteiger partial charge in [0.25, 0.3) is 0 Å². The minimum Gasteiger partial charge on any atom is -0.395 e. The number of β-amino-alcohol motifs (C(OH)–C–C–N with tert-alkyl or cyclic N) is 2. The summed E-state index contributed by atoms with van der Waals surface area (Å²) < 4.78 is 5.75. The number of aliphatic hydroxyl groups excluding tert-OH is 2. The molecule has 0 amide bonds. The van der Waals surface area contributed by atoms with E-state index in [1.54, 1.807) is 0 Å². The molecule has 2 aliphatic carbocycles. The summed E-state index contributed by atoms with van der Waals surface area (Å²) in [6.45, 7) is 6.91. The average Bonchev–Trinajstić information content (AvgIpc) is 3.17. The van der Waals surface area contributed by atoms with Crippen LogP contribution in [0.4, 0.5) is 0 Å². The Morgan fingerprint density at radius 2 is 1.83 bits per heavy atom. The van der Waals surface area contributed by atoms with Gasteiger partial charge in [-0.15, -0.1) is 0 Å². The normalized spacial score (nSPS) is 33.4. The minimum atomic E-state index is -0.376. The zero-order valence-electron chi connectivity index (χ0n) is 14.4. The number of ether oxygens (including phenoxy) is 1. The van der Waals surface area contributed by atoms with Crippen LogP contribution in [0.2, 0.25) is 0 Å². The summed E-state index contributed by atoms with van der Waals surface area (Å²) in [7, 11) is 0. The molecule has 1 heterocycles. The molecule has 134 valence electrons. The zero-order valence-corrected chi connectivity index (χ0v) is 14.4. The molecule has 3 fully saturated rings. The Kier molecular flexibility index (Phi) is 6.72. The van der Waals surface area contributed by atoms with Crippen molar-refractivity contribution in [2.75, 3.05) is 59.1 Å². The number of fused-ring (bicyclic) bond motifs is 2. The van der Waals surface area contributed by atoms with Gasteiger partial charge in [-0.1, -0.05) is 6.42 Å². The Bertz CT molecular complexity index is 347. The molecule has 0 unspecified atom stereocenters. The molecule has 2 N–H and O–H groups in total. The molecule has 2 bridgehead atoms. The van der Waals surface area contributed by atoms with Crippen LogP contribution in [0.1, 0.15) is 32.1 Å². The van der Waals surface area contributed by atoms with Crippen molar-refractivity contribution in [2.24, 2.45) is 17.8 Å². The van der Waals surface area contributed by atoms with Crippen molar-refractivity contribution in [3.63, 3.8) is 0 Å². The van der Waals surface area contributed by atoms with Gasteiger partial charge in [0.15, 0.2) is 0 Å². The van der Waals surface area contributed by atoms with Crippen LogP contribution in [0.3, 0.4) is 0 Å². The van der Waals surface area contributed by atoms with Gasteiger partial charge in [0.2, 0.25) is 0 Å². The fourth-order valence-corrected chi connectivity index (χ4v) is 4.87. The van der Waals surface area contributed by atoms with Gasteiger partial charge in [0, 0.05) is 45.9 Å². The highest BCUT2D eigenvalue weighted by Gasteiger charge is 2.38. The fraction of sp³-hybridized carbons (Fsp3) is 1.00. The van der Waals surface area contributed by atoms with Crippen molar-refractivity contribution in [1.29, 1.82) is 0 Å². The maximum atomic E-state index is 10.1. The largest absolute Gasteiger partial charge is 0.395 e. The van der Waals surface area contributed by atoms with Gasteiger partial charge in [-0.25, -0.2) is 0 Å². The summed E-state index contributed by atoms with van der Waals surface area (Å²) in [6, 6.07) is 0. The van der Waals surface area contributed by atoms with Gasteiger partial charge < -0.3 is 14.9 Å². The second-order valence-corrected chi connectivity index (χ2v) is 7.82. The Morgan fingerprint density at radius 1 is 1.04 bits per heavy atom. The number of hydrogen-bond donors (Lipinski definition) is 2. The second-order valence-electron chi connectivity index (χ2n) is 7.82. The van der Waals surface area contributed by atoms with E-state index >= 15 is 0 Å². The molecule has 0 spiro atoms. The lowest BCUT2D eigenvalue weighted by atomic mass is 9.87. The van der Waals surface area contributed by atoms with E-state index in [-0.39, 0.29) is 12.7 Å². The zero-order chi connectivity index (χ0) is 16.1. The van der Waals surface area contributed by atoms with E-state index in [1.807, 2.05) is 0 Å².